The van der Waals surface area contributed by atoms with Gasteiger partial charge in [-0.05, 0) is 6.07 Å². The van der Waals surface area contributed by atoms with E-state index in [2.05, 4.69) is 31.1 Å². The van der Waals surface area contributed by atoms with Crippen LogP contribution in [0.25, 0.3) is 10.8 Å². The fourth-order valence-electron chi connectivity index (χ4n) is 2.37. The Labute approximate surface area is 99.9 Å². The number of hydrogen-bond acceptors (Lipinski definition) is 2. The molecule has 0 aliphatic carbocycles. The Morgan fingerprint density at radius 1 is 1.24 bits per heavy atom. The van der Waals surface area contributed by atoms with Gasteiger partial charge in [0.1, 0.15) is 0 Å². The molecule has 1 aromatic heterocycles. The number of rotatable bonds is 0. The molecule has 3 rings (SSSR count). The molecule has 1 aliphatic rings. The van der Waals surface area contributed by atoms with Crippen LogP contribution in [0.3, 0.4) is 0 Å². The smallest absolute Gasteiger partial charge is 0.256 e. The molecular formula is C14H14N2O. The van der Waals surface area contributed by atoms with Crippen molar-refractivity contribution in [1.82, 2.24) is 4.98 Å². The third-order valence-electron chi connectivity index (χ3n) is 3.11. The lowest BCUT2D eigenvalue weighted by Crippen LogP contribution is -2.14. The monoisotopic (exact) mass is 226 g/mol. The first kappa shape index (κ1) is 10.3. The van der Waals surface area contributed by atoms with E-state index in [4.69, 9.17) is 0 Å². The van der Waals surface area contributed by atoms with Crippen LogP contribution in [0.15, 0.2) is 24.4 Å². The quantitative estimate of drug-likeness (QED) is 0.750. The maximum atomic E-state index is 11.8. The molecule has 3 heteroatoms. The molecule has 1 N–H and O–H groups in total. The van der Waals surface area contributed by atoms with Gasteiger partial charge in [-0.25, -0.2) is 0 Å². The maximum Gasteiger partial charge on any atom is 0.256 e. The van der Waals surface area contributed by atoms with Gasteiger partial charge in [-0.1, -0.05) is 32.9 Å². The van der Waals surface area contributed by atoms with E-state index in [-0.39, 0.29) is 11.3 Å². The number of carbonyl (C=O) groups is 1. The summed E-state index contributed by atoms with van der Waals surface area (Å²) in [5, 5.41) is 4.93. The number of nitrogens with one attached hydrogen (secondary N) is 1. The van der Waals surface area contributed by atoms with Crippen LogP contribution in [0.5, 0.6) is 0 Å². The van der Waals surface area contributed by atoms with Gasteiger partial charge in [0.2, 0.25) is 0 Å². The van der Waals surface area contributed by atoms with Crippen molar-refractivity contribution in [1.29, 1.82) is 0 Å². The number of aromatic nitrogens is 1. The fraction of sp³-hybridized carbons (Fsp3) is 0.286. The Balaban J connectivity index is 2.45. The third kappa shape index (κ3) is 1.35. The van der Waals surface area contributed by atoms with Crippen molar-refractivity contribution in [3.05, 3.63) is 35.7 Å². The molecule has 3 nitrogen and oxygen atoms in total. The van der Waals surface area contributed by atoms with Crippen LogP contribution in [-0.4, -0.2) is 10.9 Å². The average molecular weight is 226 g/mol. The van der Waals surface area contributed by atoms with Crippen LogP contribution in [0, 0.1) is 0 Å². The van der Waals surface area contributed by atoms with Gasteiger partial charge >= 0.3 is 0 Å². The van der Waals surface area contributed by atoms with Crippen LogP contribution in [0.1, 0.15) is 36.8 Å². The maximum absolute atomic E-state index is 11.8. The van der Waals surface area contributed by atoms with Crippen LogP contribution in [0.2, 0.25) is 0 Å². The van der Waals surface area contributed by atoms with Crippen LogP contribution >= 0.6 is 0 Å². The van der Waals surface area contributed by atoms with E-state index in [0.29, 0.717) is 0 Å². The highest BCUT2D eigenvalue weighted by Gasteiger charge is 2.26. The van der Waals surface area contributed by atoms with Crippen molar-refractivity contribution in [2.45, 2.75) is 26.2 Å². The molecule has 2 aromatic rings. The topological polar surface area (TPSA) is 42.0 Å². The molecular weight excluding hydrogens is 212 g/mol. The molecule has 0 saturated heterocycles. The summed E-state index contributed by atoms with van der Waals surface area (Å²) in [6.45, 7) is 6.40. The van der Waals surface area contributed by atoms with Gasteiger partial charge in [-0.3, -0.25) is 9.78 Å². The molecule has 0 radical (unpaired) electrons. The summed E-state index contributed by atoms with van der Waals surface area (Å²) < 4.78 is 0. The highest BCUT2D eigenvalue weighted by molar-refractivity contribution is 6.24. The average Bonchev–Trinajstić information content (AvgIpc) is 2.57. The van der Waals surface area contributed by atoms with E-state index in [0.717, 1.165) is 27.7 Å². The van der Waals surface area contributed by atoms with Gasteiger partial charge in [-0.15, -0.1) is 0 Å². The standard InChI is InChI=1S/C14H14N2O/c1-14(2,3)12-8-5-4-6-9-11(8)10(7-15-12)16-13(9)17/h4-7H,1-3H3,(H,16,17). The van der Waals surface area contributed by atoms with Gasteiger partial charge in [0.15, 0.2) is 0 Å². The summed E-state index contributed by atoms with van der Waals surface area (Å²) in [7, 11) is 0. The molecule has 86 valence electrons. The second kappa shape index (κ2) is 3.06. The molecule has 0 spiro atoms. The first-order valence-corrected chi connectivity index (χ1v) is 5.72. The van der Waals surface area contributed by atoms with Crippen molar-refractivity contribution in [2.75, 3.05) is 5.32 Å². The Bertz CT molecular complexity index is 638. The predicted octanol–water partition coefficient (Wildman–Crippen LogP) is 3.10. The molecule has 0 atom stereocenters. The molecule has 0 saturated carbocycles. The van der Waals surface area contributed by atoms with Gasteiger partial charge in [0.25, 0.3) is 5.91 Å². The lowest BCUT2D eigenvalue weighted by atomic mass is 9.87. The summed E-state index contributed by atoms with van der Waals surface area (Å²) in [4.78, 5) is 16.3. The second-order valence-electron chi connectivity index (χ2n) is 5.45. The summed E-state index contributed by atoms with van der Waals surface area (Å²) in [6.07, 6.45) is 1.76. The van der Waals surface area contributed by atoms with E-state index in [1.807, 2.05) is 18.2 Å². The molecule has 1 aromatic carbocycles. The van der Waals surface area contributed by atoms with E-state index in [1.54, 1.807) is 6.20 Å². The highest BCUT2D eigenvalue weighted by Crippen LogP contribution is 2.37. The zero-order chi connectivity index (χ0) is 12.2. The Morgan fingerprint density at radius 2 is 2.00 bits per heavy atom. The number of benzene rings is 1. The minimum Gasteiger partial charge on any atom is -0.320 e. The fourth-order valence-corrected chi connectivity index (χ4v) is 2.37. The van der Waals surface area contributed by atoms with Crippen molar-refractivity contribution < 1.29 is 4.79 Å². The molecule has 17 heavy (non-hydrogen) atoms. The predicted molar refractivity (Wildman–Crippen MR) is 68.4 cm³/mol. The van der Waals surface area contributed by atoms with E-state index in [1.165, 1.54) is 0 Å². The van der Waals surface area contributed by atoms with E-state index in [9.17, 15) is 4.79 Å². The minimum atomic E-state index is -0.0292. The molecule has 0 bridgehead atoms. The molecule has 1 aliphatic heterocycles. The first-order chi connectivity index (χ1) is 7.98. The first-order valence-electron chi connectivity index (χ1n) is 5.72. The summed E-state index contributed by atoms with van der Waals surface area (Å²) in [5.74, 6) is -0.0292. The molecule has 2 heterocycles. The van der Waals surface area contributed by atoms with Gasteiger partial charge in [-0.2, -0.15) is 0 Å². The number of pyridine rings is 1. The van der Waals surface area contributed by atoms with Crippen molar-refractivity contribution in [2.24, 2.45) is 0 Å². The largest absolute Gasteiger partial charge is 0.320 e. The van der Waals surface area contributed by atoms with Gasteiger partial charge in [0, 0.05) is 21.8 Å². The SMILES string of the molecule is CC(C)(C)c1ncc2c3c(cccc13)C(=O)N2. The Kier molecular flexibility index (Phi) is 1.85. The number of nitrogens with zero attached hydrogens (tertiary/aromatic N) is 1. The summed E-state index contributed by atoms with van der Waals surface area (Å²) >= 11 is 0. The number of carbonyl (C=O) groups excluding carboxylic acids is 1. The second-order valence-corrected chi connectivity index (χ2v) is 5.45. The molecule has 0 fully saturated rings. The van der Waals surface area contributed by atoms with E-state index >= 15 is 0 Å². The lowest BCUT2D eigenvalue weighted by molar-refractivity contribution is 0.103. The zero-order valence-corrected chi connectivity index (χ0v) is 10.2. The summed E-state index contributed by atoms with van der Waals surface area (Å²) in [5.41, 5.74) is 2.59. The normalized spacial score (nSPS) is 14.2. The minimum absolute atomic E-state index is 0.0250. The lowest BCUT2D eigenvalue weighted by Gasteiger charge is -2.20. The van der Waals surface area contributed by atoms with E-state index < -0.39 is 0 Å². The van der Waals surface area contributed by atoms with Crippen LogP contribution in [0.4, 0.5) is 5.69 Å². The van der Waals surface area contributed by atoms with Gasteiger partial charge < -0.3 is 5.32 Å². The molecule has 0 unspecified atom stereocenters. The Morgan fingerprint density at radius 3 is 2.71 bits per heavy atom. The van der Waals surface area contributed by atoms with Gasteiger partial charge in [0.05, 0.1) is 17.6 Å². The molecule has 1 amide bonds. The van der Waals surface area contributed by atoms with Crippen LogP contribution in [-0.2, 0) is 5.41 Å². The third-order valence-corrected chi connectivity index (χ3v) is 3.11. The number of amides is 1. The number of anilines is 1. The van der Waals surface area contributed by atoms with Crippen molar-refractivity contribution >= 4 is 22.4 Å². The zero-order valence-electron chi connectivity index (χ0n) is 10.2. The van der Waals surface area contributed by atoms with Crippen LogP contribution < -0.4 is 5.32 Å². The summed E-state index contributed by atoms with van der Waals surface area (Å²) in [6, 6.07) is 5.82. The van der Waals surface area contributed by atoms with Crippen molar-refractivity contribution in [3.8, 4) is 0 Å². The Hall–Kier alpha value is -1.90. The highest BCUT2D eigenvalue weighted by atomic mass is 16.1. The van der Waals surface area contributed by atoms with Crippen molar-refractivity contribution in [3.63, 3.8) is 0 Å². The number of hydrogen-bond donors (Lipinski definition) is 1.